The maximum absolute atomic E-state index is 13.0. The molecule has 38 heavy (non-hydrogen) atoms. The Bertz CT molecular complexity index is 1400. The maximum atomic E-state index is 13.0. The molecule has 1 saturated carbocycles. The number of hydrogen-bond acceptors (Lipinski definition) is 9. The fourth-order valence-electron chi connectivity index (χ4n) is 5.39. The number of hydrogen-bond donors (Lipinski definition) is 0. The average molecular weight is 586 g/mol. The lowest BCUT2D eigenvalue weighted by Gasteiger charge is -2.38. The minimum Gasteiger partial charge on any atom is -0.487 e. The van der Waals surface area contributed by atoms with Crippen LogP contribution in [0.3, 0.4) is 0 Å². The van der Waals surface area contributed by atoms with Crippen LogP contribution in [0.25, 0.3) is 0 Å². The van der Waals surface area contributed by atoms with E-state index in [0.29, 0.717) is 25.7 Å². The van der Waals surface area contributed by atoms with Crippen LogP contribution in [0, 0.1) is 5.92 Å². The van der Waals surface area contributed by atoms with Crippen molar-refractivity contribution in [1.29, 1.82) is 0 Å². The number of fused-ring (bicyclic) bond motifs is 2. The molecular formula is C25H32ClN3O7S2. The first-order valence-electron chi connectivity index (χ1n) is 12.8. The minimum atomic E-state index is -3.39. The molecular weight excluding hydrogens is 554 g/mol. The van der Waals surface area contributed by atoms with Gasteiger partial charge < -0.3 is 14.2 Å². The van der Waals surface area contributed by atoms with Crippen LogP contribution >= 0.6 is 11.6 Å². The summed E-state index contributed by atoms with van der Waals surface area (Å²) in [4.78, 5) is 8.56. The highest BCUT2D eigenvalue weighted by Crippen LogP contribution is 2.43. The summed E-state index contributed by atoms with van der Waals surface area (Å²) in [7, 11) is -5.28. The molecule has 5 rings (SSSR count). The normalized spacial score (nSPS) is 24.0. The molecule has 3 heterocycles. The molecule has 2 aliphatic heterocycles. The van der Waals surface area contributed by atoms with Crippen molar-refractivity contribution in [1.82, 2.24) is 14.3 Å². The number of piperidine rings is 1. The smallest absolute Gasteiger partial charge is 0.269 e. The van der Waals surface area contributed by atoms with Gasteiger partial charge in [0.05, 0.1) is 28.0 Å². The molecule has 10 nitrogen and oxygen atoms in total. The zero-order chi connectivity index (χ0) is 27.2. The second kappa shape index (κ2) is 10.4. The SMILES string of the molecule is COc1c(Oc2ccc(S(=O)(=O)C3CC3)cc2Cl)ncnc1OC1CC2CCC(C1)N2S(=O)(=O)CC(C)C. The van der Waals surface area contributed by atoms with Gasteiger partial charge in [0.2, 0.25) is 15.8 Å². The van der Waals surface area contributed by atoms with Gasteiger partial charge in [-0.25, -0.2) is 16.8 Å². The van der Waals surface area contributed by atoms with Crippen molar-refractivity contribution in [2.45, 2.75) is 80.7 Å². The first-order chi connectivity index (χ1) is 18.0. The van der Waals surface area contributed by atoms with Crippen LogP contribution in [0.2, 0.25) is 5.02 Å². The van der Waals surface area contributed by atoms with E-state index in [0.717, 1.165) is 12.8 Å². The Labute approximate surface area is 228 Å². The van der Waals surface area contributed by atoms with Crippen LogP contribution in [-0.4, -0.2) is 67.4 Å². The van der Waals surface area contributed by atoms with Gasteiger partial charge in [-0.05, 0) is 49.8 Å². The van der Waals surface area contributed by atoms with Crippen LogP contribution in [-0.2, 0) is 19.9 Å². The molecule has 3 aliphatic rings. The van der Waals surface area contributed by atoms with Gasteiger partial charge in [0.15, 0.2) is 9.84 Å². The highest BCUT2D eigenvalue weighted by Gasteiger charge is 2.47. The Hall–Kier alpha value is -2.15. The van der Waals surface area contributed by atoms with Crippen molar-refractivity contribution in [3.63, 3.8) is 0 Å². The Balaban J connectivity index is 1.32. The third-order valence-corrected chi connectivity index (χ3v) is 12.0. The summed E-state index contributed by atoms with van der Waals surface area (Å²) in [6.45, 7) is 3.82. The molecule has 208 valence electrons. The van der Waals surface area contributed by atoms with Gasteiger partial charge in [0, 0.05) is 24.9 Å². The molecule has 1 aromatic carbocycles. The summed E-state index contributed by atoms with van der Waals surface area (Å²) in [5.74, 6) is 0.833. The quantitative estimate of drug-likeness (QED) is 0.403. The first kappa shape index (κ1) is 27.4. The lowest BCUT2D eigenvalue weighted by atomic mass is 10.0. The Morgan fingerprint density at radius 1 is 1.03 bits per heavy atom. The van der Waals surface area contributed by atoms with E-state index in [4.69, 9.17) is 25.8 Å². The number of aromatic nitrogens is 2. The number of halogens is 1. The molecule has 0 N–H and O–H groups in total. The summed E-state index contributed by atoms with van der Waals surface area (Å²) in [5.41, 5.74) is 0. The Kier molecular flexibility index (Phi) is 7.53. The zero-order valence-electron chi connectivity index (χ0n) is 21.5. The van der Waals surface area contributed by atoms with Crippen molar-refractivity contribution in [3.05, 3.63) is 29.5 Å². The van der Waals surface area contributed by atoms with Gasteiger partial charge in [-0.3, -0.25) is 0 Å². The molecule has 1 aliphatic carbocycles. The van der Waals surface area contributed by atoms with Crippen LogP contribution in [0.1, 0.15) is 52.4 Å². The minimum absolute atomic E-state index is 0.0596. The molecule has 2 bridgehead atoms. The lowest BCUT2D eigenvalue weighted by molar-refractivity contribution is 0.0881. The van der Waals surface area contributed by atoms with Crippen LogP contribution in [0.15, 0.2) is 29.4 Å². The van der Waals surface area contributed by atoms with Crippen molar-refractivity contribution < 1.29 is 31.0 Å². The largest absolute Gasteiger partial charge is 0.487 e. The molecule has 3 fully saturated rings. The standard InChI is InChI=1S/C25H32ClN3O7S2/c1-15(2)13-37(30,31)29-16-4-5-17(29)11-18(10-16)35-24-23(34-3)25(28-14-27-24)36-22-9-8-20(12-21(22)26)38(32,33)19-6-7-19/h8-9,12,14-19H,4-7,10-11,13H2,1-3H3. The summed E-state index contributed by atoms with van der Waals surface area (Å²) in [6.07, 6.45) is 5.08. The van der Waals surface area contributed by atoms with E-state index in [-0.39, 0.29) is 68.3 Å². The van der Waals surface area contributed by atoms with Crippen molar-refractivity contribution in [2.24, 2.45) is 5.92 Å². The van der Waals surface area contributed by atoms with Gasteiger partial charge in [-0.1, -0.05) is 25.4 Å². The molecule has 13 heteroatoms. The molecule has 2 unspecified atom stereocenters. The number of nitrogens with zero attached hydrogens (tertiary/aromatic N) is 3. The fraction of sp³-hybridized carbons (Fsp3) is 0.600. The monoisotopic (exact) mass is 585 g/mol. The number of methoxy groups -OCH3 is 1. The number of benzene rings is 1. The highest BCUT2D eigenvalue weighted by molar-refractivity contribution is 7.92. The first-order valence-corrected chi connectivity index (χ1v) is 16.3. The molecule has 0 spiro atoms. The van der Waals surface area contributed by atoms with E-state index in [1.54, 1.807) is 4.31 Å². The van der Waals surface area contributed by atoms with Crippen LogP contribution < -0.4 is 14.2 Å². The van der Waals surface area contributed by atoms with Gasteiger partial charge >= 0.3 is 0 Å². The van der Waals surface area contributed by atoms with E-state index >= 15 is 0 Å². The van der Waals surface area contributed by atoms with Gasteiger partial charge in [0.25, 0.3) is 11.8 Å². The topological polar surface area (TPSA) is 125 Å². The Morgan fingerprint density at radius 3 is 2.26 bits per heavy atom. The average Bonchev–Trinajstić information content (AvgIpc) is 3.65. The van der Waals surface area contributed by atoms with E-state index in [1.165, 1.54) is 31.6 Å². The van der Waals surface area contributed by atoms with E-state index in [9.17, 15) is 16.8 Å². The summed E-state index contributed by atoms with van der Waals surface area (Å²) in [5, 5.41) is -0.217. The van der Waals surface area contributed by atoms with Crippen LogP contribution in [0.4, 0.5) is 0 Å². The second-order valence-electron chi connectivity index (χ2n) is 10.6. The number of ether oxygens (including phenoxy) is 3. The van der Waals surface area contributed by atoms with Crippen molar-refractivity contribution in [2.75, 3.05) is 12.9 Å². The van der Waals surface area contributed by atoms with Gasteiger partial charge in [-0.15, -0.1) is 0 Å². The van der Waals surface area contributed by atoms with E-state index < -0.39 is 19.9 Å². The predicted octanol–water partition coefficient (Wildman–Crippen LogP) is 4.23. The molecule has 0 radical (unpaired) electrons. The third-order valence-electron chi connectivity index (χ3n) is 7.11. The fourth-order valence-corrected chi connectivity index (χ4v) is 9.66. The second-order valence-corrected chi connectivity index (χ2v) is 15.1. The molecule has 0 amide bonds. The molecule has 2 atom stereocenters. The number of rotatable bonds is 10. The highest BCUT2D eigenvalue weighted by atomic mass is 35.5. The van der Waals surface area contributed by atoms with E-state index in [2.05, 4.69) is 9.97 Å². The summed E-state index contributed by atoms with van der Waals surface area (Å²) in [6, 6.07) is 4.14. The summed E-state index contributed by atoms with van der Waals surface area (Å²) >= 11 is 6.36. The van der Waals surface area contributed by atoms with Crippen molar-refractivity contribution >= 4 is 31.5 Å². The third kappa shape index (κ3) is 5.45. The zero-order valence-corrected chi connectivity index (χ0v) is 23.9. The van der Waals surface area contributed by atoms with E-state index in [1.807, 2.05) is 13.8 Å². The van der Waals surface area contributed by atoms with Gasteiger partial charge in [-0.2, -0.15) is 14.3 Å². The summed E-state index contributed by atoms with van der Waals surface area (Å²) < 4.78 is 70.3. The maximum Gasteiger partial charge on any atom is 0.269 e. The lowest BCUT2D eigenvalue weighted by Crippen LogP contribution is -2.50. The Morgan fingerprint density at radius 2 is 1.68 bits per heavy atom. The molecule has 2 saturated heterocycles. The molecule has 2 aromatic rings. The van der Waals surface area contributed by atoms with Crippen LogP contribution in [0.5, 0.6) is 23.3 Å². The number of sulfone groups is 1. The predicted molar refractivity (Wildman–Crippen MR) is 141 cm³/mol. The number of sulfonamides is 1. The molecule has 1 aromatic heterocycles. The van der Waals surface area contributed by atoms with Crippen molar-refractivity contribution in [3.8, 4) is 23.3 Å². The van der Waals surface area contributed by atoms with Gasteiger partial charge in [0.1, 0.15) is 18.2 Å².